The van der Waals surface area contributed by atoms with Crippen molar-refractivity contribution in [3.8, 4) is 0 Å². The number of aliphatic hydroxyl groups is 1. The molecule has 0 radical (unpaired) electrons. The molecule has 2 aliphatic rings. The van der Waals surface area contributed by atoms with Crippen LogP contribution in [0.15, 0.2) is 30.7 Å². The van der Waals surface area contributed by atoms with Gasteiger partial charge in [-0.25, -0.2) is 9.97 Å². The Bertz CT molecular complexity index is 1070. The van der Waals surface area contributed by atoms with Gasteiger partial charge in [-0.2, -0.15) is 5.10 Å². The Labute approximate surface area is 181 Å². The summed E-state index contributed by atoms with van der Waals surface area (Å²) in [5.74, 6) is 0.897. The highest BCUT2D eigenvalue weighted by Gasteiger charge is 2.29. The van der Waals surface area contributed by atoms with Crippen molar-refractivity contribution in [3.05, 3.63) is 41.3 Å². The molecule has 7 nitrogen and oxygen atoms in total. The Morgan fingerprint density at radius 2 is 2.07 bits per heavy atom. The van der Waals surface area contributed by atoms with Gasteiger partial charge in [-0.05, 0) is 63.3 Å². The molecule has 1 atom stereocenters. The van der Waals surface area contributed by atoms with E-state index in [1.54, 1.807) is 6.20 Å². The van der Waals surface area contributed by atoms with Gasteiger partial charge in [0.15, 0.2) is 0 Å². The molecule has 2 N–H and O–H groups in total. The number of rotatable bonds is 6. The summed E-state index contributed by atoms with van der Waals surface area (Å²) >= 11 is 6.62. The SMILES string of the molecule is CC(C)(O)CN1CC[C@H](c2cc3nc(Nc4cnn(C5CC5)c4)ncc3cc2Cl)C1. The number of β-amino-alcohol motifs (C(OH)–C–C–N with tert-alkyl or cyclic N) is 1. The predicted octanol–water partition coefficient (Wildman–Crippen LogP) is 4.12. The number of hydrogen-bond donors (Lipinski definition) is 2. The number of nitrogens with one attached hydrogen (secondary N) is 1. The normalized spacial score (nSPS) is 20.2. The van der Waals surface area contributed by atoms with E-state index in [4.69, 9.17) is 16.6 Å². The van der Waals surface area contributed by atoms with Crippen molar-refractivity contribution in [2.24, 2.45) is 0 Å². The number of benzene rings is 1. The topological polar surface area (TPSA) is 79.1 Å². The standard InChI is InChI=1S/C22H27ClN6O/c1-22(2,30)13-28-6-5-14(11-28)18-8-20-15(7-19(18)23)9-24-21(27-20)26-16-10-25-29(12-16)17-3-4-17/h7-10,12,14,17,30H,3-6,11,13H2,1-2H3,(H,24,26,27)/t14-/m0/s1. The van der Waals surface area contributed by atoms with Crippen LogP contribution in [0.25, 0.3) is 10.9 Å². The molecule has 1 aromatic carbocycles. The van der Waals surface area contributed by atoms with Crippen molar-refractivity contribution in [1.29, 1.82) is 0 Å². The van der Waals surface area contributed by atoms with Gasteiger partial charge in [0.1, 0.15) is 0 Å². The van der Waals surface area contributed by atoms with Gasteiger partial charge in [0.25, 0.3) is 0 Å². The Hall–Kier alpha value is -2.22. The molecule has 1 aliphatic heterocycles. The molecular weight excluding hydrogens is 400 g/mol. The first-order valence-corrected chi connectivity index (χ1v) is 10.9. The number of hydrogen-bond acceptors (Lipinski definition) is 6. The third-order valence-electron chi connectivity index (χ3n) is 5.80. The third-order valence-corrected chi connectivity index (χ3v) is 6.13. The second kappa shape index (κ2) is 7.48. The molecule has 1 saturated carbocycles. The van der Waals surface area contributed by atoms with Gasteiger partial charge < -0.3 is 10.4 Å². The molecule has 8 heteroatoms. The van der Waals surface area contributed by atoms with E-state index >= 15 is 0 Å². The fourth-order valence-corrected chi connectivity index (χ4v) is 4.61. The lowest BCUT2D eigenvalue weighted by atomic mass is 9.97. The van der Waals surface area contributed by atoms with Crippen LogP contribution >= 0.6 is 11.6 Å². The van der Waals surface area contributed by atoms with Crippen LogP contribution in [0.1, 0.15) is 50.6 Å². The van der Waals surface area contributed by atoms with Gasteiger partial charge in [0, 0.05) is 35.9 Å². The fourth-order valence-electron chi connectivity index (χ4n) is 4.29. The maximum Gasteiger partial charge on any atom is 0.227 e. The van der Waals surface area contributed by atoms with Crippen molar-refractivity contribution in [1.82, 2.24) is 24.6 Å². The van der Waals surface area contributed by atoms with Gasteiger partial charge in [-0.15, -0.1) is 0 Å². The van der Waals surface area contributed by atoms with Gasteiger partial charge >= 0.3 is 0 Å². The van der Waals surface area contributed by atoms with Crippen LogP contribution in [0.4, 0.5) is 11.6 Å². The molecular formula is C22H27ClN6O. The molecule has 0 bridgehead atoms. The van der Waals surface area contributed by atoms with Crippen LogP contribution < -0.4 is 5.32 Å². The maximum atomic E-state index is 10.1. The van der Waals surface area contributed by atoms with E-state index in [0.29, 0.717) is 24.5 Å². The molecule has 2 aromatic heterocycles. The number of halogens is 1. The first-order valence-electron chi connectivity index (χ1n) is 10.6. The highest BCUT2D eigenvalue weighted by Crippen LogP contribution is 2.36. The Morgan fingerprint density at radius 3 is 2.83 bits per heavy atom. The van der Waals surface area contributed by atoms with E-state index in [9.17, 15) is 5.11 Å². The second-order valence-corrected chi connectivity index (χ2v) is 9.63. The third kappa shape index (κ3) is 4.29. The quantitative estimate of drug-likeness (QED) is 0.617. The molecule has 0 spiro atoms. The Morgan fingerprint density at radius 1 is 1.23 bits per heavy atom. The zero-order valence-electron chi connectivity index (χ0n) is 17.3. The Kier molecular flexibility index (Phi) is 4.92. The first kappa shape index (κ1) is 19.7. The minimum Gasteiger partial charge on any atom is -0.389 e. The molecule has 1 saturated heterocycles. The average molecular weight is 427 g/mol. The van der Waals surface area contributed by atoms with Crippen LogP contribution in [0.3, 0.4) is 0 Å². The smallest absolute Gasteiger partial charge is 0.227 e. The van der Waals surface area contributed by atoms with E-state index < -0.39 is 5.60 Å². The minimum atomic E-state index is -0.691. The summed E-state index contributed by atoms with van der Waals surface area (Å²) in [6.45, 7) is 6.22. The molecule has 2 fully saturated rings. The molecule has 3 heterocycles. The van der Waals surface area contributed by atoms with Crippen molar-refractivity contribution in [2.45, 2.75) is 50.7 Å². The first-order chi connectivity index (χ1) is 14.3. The van der Waals surface area contributed by atoms with E-state index in [0.717, 1.165) is 46.7 Å². The number of fused-ring (bicyclic) bond motifs is 1. The predicted molar refractivity (Wildman–Crippen MR) is 118 cm³/mol. The van der Waals surface area contributed by atoms with Crippen molar-refractivity contribution in [2.75, 3.05) is 25.0 Å². The summed E-state index contributed by atoms with van der Waals surface area (Å²) < 4.78 is 2.00. The highest BCUT2D eigenvalue weighted by atomic mass is 35.5. The summed E-state index contributed by atoms with van der Waals surface area (Å²) in [5, 5.41) is 19.5. The van der Waals surface area contributed by atoms with Crippen LogP contribution in [0.2, 0.25) is 5.02 Å². The molecule has 1 aliphatic carbocycles. The van der Waals surface area contributed by atoms with Crippen LogP contribution in [0, 0.1) is 0 Å². The van der Waals surface area contributed by atoms with Gasteiger partial charge in [-0.1, -0.05) is 11.6 Å². The maximum absolute atomic E-state index is 10.1. The largest absolute Gasteiger partial charge is 0.389 e. The summed E-state index contributed by atoms with van der Waals surface area (Å²) in [4.78, 5) is 11.5. The number of anilines is 2. The molecule has 158 valence electrons. The summed E-state index contributed by atoms with van der Waals surface area (Å²) in [6, 6.07) is 4.60. The minimum absolute atomic E-state index is 0.340. The van der Waals surface area contributed by atoms with Gasteiger partial charge in [0.2, 0.25) is 5.95 Å². The zero-order chi connectivity index (χ0) is 20.9. The summed E-state index contributed by atoms with van der Waals surface area (Å²) in [6.07, 6.45) is 9.05. The monoisotopic (exact) mass is 426 g/mol. The van der Waals surface area contributed by atoms with Crippen molar-refractivity contribution in [3.63, 3.8) is 0 Å². The van der Waals surface area contributed by atoms with Gasteiger partial charge in [0.05, 0.1) is 29.0 Å². The summed E-state index contributed by atoms with van der Waals surface area (Å²) in [7, 11) is 0. The second-order valence-electron chi connectivity index (χ2n) is 9.22. The van der Waals surface area contributed by atoms with Crippen LogP contribution in [0.5, 0.6) is 0 Å². The summed E-state index contributed by atoms with van der Waals surface area (Å²) in [5.41, 5.74) is 2.20. The molecule has 0 unspecified atom stereocenters. The molecule has 0 amide bonds. The lowest BCUT2D eigenvalue weighted by Gasteiger charge is -2.25. The zero-order valence-corrected chi connectivity index (χ0v) is 18.1. The lowest BCUT2D eigenvalue weighted by molar-refractivity contribution is 0.0435. The van der Waals surface area contributed by atoms with E-state index in [-0.39, 0.29) is 0 Å². The van der Waals surface area contributed by atoms with Crippen LogP contribution in [-0.4, -0.2) is 55.0 Å². The molecule has 3 aromatic rings. The van der Waals surface area contributed by atoms with E-state index in [1.165, 1.54) is 12.8 Å². The van der Waals surface area contributed by atoms with Gasteiger partial charge in [-0.3, -0.25) is 9.58 Å². The molecule has 5 rings (SSSR count). The molecule has 30 heavy (non-hydrogen) atoms. The van der Waals surface area contributed by atoms with Crippen molar-refractivity contribution >= 4 is 34.1 Å². The Balaban J connectivity index is 1.36. The van der Waals surface area contributed by atoms with E-state index in [2.05, 4.69) is 26.4 Å². The van der Waals surface area contributed by atoms with Crippen LogP contribution in [-0.2, 0) is 0 Å². The average Bonchev–Trinajstić information content (AvgIpc) is 3.26. The van der Waals surface area contributed by atoms with Crippen molar-refractivity contribution < 1.29 is 5.11 Å². The number of likely N-dealkylation sites (tertiary alicyclic amines) is 1. The number of aromatic nitrogens is 4. The highest BCUT2D eigenvalue weighted by molar-refractivity contribution is 6.32. The number of nitrogens with zero attached hydrogens (tertiary/aromatic N) is 5. The fraction of sp³-hybridized carbons (Fsp3) is 0.500. The lowest BCUT2D eigenvalue weighted by Crippen LogP contribution is -2.37. The van der Waals surface area contributed by atoms with E-state index in [1.807, 2.05) is 37.0 Å².